The van der Waals surface area contributed by atoms with Gasteiger partial charge >= 0.3 is 0 Å². The minimum absolute atomic E-state index is 0.299. The van der Waals surface area contributed by atoms with Crippen molar-refractivity contribution in [2.75, 3.05) is 13.2 Å². The Morgan fingerprint density at radius 3 is 2.41 bits per heavy atom. The predicted octanol–water partition coefficient (Wildman–Crippen LogP) is 3.81. The van der Waals surface area contributed by atoms with Crippen LogP contribution in [0.15, 0.2) is 24.3 Å². The van der Waals surface area contributed by atoms with Crippen molar-refractivity contribution in [3.63, 3.8) is 0 Å². The van der Waals surface area contributed by atoms with E-state index in [0.717, 1.165) is 24.6 Å². The standard InChI is InChI=1S/C14H22ClNO/c1-4-14(16-9-10-17-11(2)3)12-5-7-13(15)8-6-12/h5-8,11,14,16H,4,9-10H2,1-3H3. The van der Waals surface area contributed by atoms with Gasteiger partial charge in [-0.2, -0.15) is 0 Å². The molecule has 0 aromatic heterocycles. The second kappa shape index (κ2) is 7.70. The molecule has 96 valence electrons. The fourth-order valence-electron chi connectivity index (χ4n) is 1.72. The van der Waals surface area contributed by atoms with Gasteiger partial charge in [0.15, 0.2) is 0 Å². The Labute approximate surface area is 109 Å². The molecular formula is C14H22ClNO. The molecule has 0 bridgehead atoms. The maximum Gasteiger partial charge on any atom is 0.0594 e. The van der Waals surface area contributed by atoms with Gasteiger partial charge in [0.2, 0.25) is 0 Å². The smallest absolute Gasteiger partial charge is 0.0594 e. The van der Waals surface area contributed by atoms with E-state index < -0.39 is 0 Å². The molecule has 0 saturated heterocycles. The monoisotopic (exact) mass is 255 g/mol. The summed E-state index contributed by atoms with van der Waals surface area (Å²) in [6.45, 7) is 7.91. The maximum absolute atomic E-state index is 5.88. The van der Waals surface area contributed by atoms with Gasteiger partial charge in [-0.15, -0.1) is 0 Å². The van der Waals surface area contributed by atoms with Crippen molar-refractivity contribution in [3.05, 3.63) is 34.9 Å². The molecule has 3 heteroatoms. The largest absolute Gasteiger partial charge is 0.377 e. The average molecular weight is 256 g/mol. The third kappa shape index (κ3) is 5.53. The Morgan fingerprint density at radius 2 is 1.88 bits per heavy atom. The van der Waals surface area contributed by atoms with E-state index in [1.165, 1.54) is 5.56 Å². The van der Waals surface area contributed by atoms with Crippen molar-refractivity contribution in [1.29, 1.82) is 0 Å². The van der Waals surface area contributed by atoms with E-state index in [0.29, 0.717) is 12.1 Å². The topological polar surface area (TPSA) is 21.3 Å². The van der Waals surface area contributed by atoms with Crippen LogP contribution in [0.3, 0.4) is 0 Å². The minimum atomic E-state index is 0.299. The lowest BCUT2D eigenvalue weighted by Gasteiger charge is -2.18. The van der Waals surface area contributed by atoms with E-state index in [2.05, 4.69) is 38.2 Å². The highest BCUT2D eigenvalue weighted by atomic mass is 35.5. The van der Waals surface area contributed by atoms with Crippen LogP contribution in [0, 0.1) is 0 Å². The highest BCUT2D eigenvalue weighted by molar-refractivity contribution is 6.30. The summed E-state index contributed by atoms with van der Waals surface area (Å²) >= 11 is 5.88. The number of benzene rings is 1. The Bertz CT molecular complexity index is 311. The summed E-state index contributed by atoms with van der Waals surface area (Å²) in [7, 11) is 0. The van der Waals surface area contributed by atoms with Crippen LogP contribution in [-0.4, -0.2) is 19.3 Å². The highest BCUT2D eigenvalue weighted by Crippen LogP contribution is 2.18. The summed E-state index contributed by atoms with van der Waals surface area (Å²) in [6, 6.07) is 8.40. The SMILES string of the molecule is CCC(NCCOC(C)C)c1ccc(Cl)cc1. The number of hydrogen-bond donors (Lipinski definition) is 1. The molecule has 2 nitrogen and oxygen atoms in total. The van der Waals surface area contributed by atoms with Crippen molar-refractivity contribution in [2.45, 2.75) is 39.3 Å². The van der Waals surface area contributed by atoms with E-state index in [1.807, 2.05) is 12.1 Å². The van der Waals surface area contributed by atoms with Crippen molar-refractivity contribution in [1.82, 2.24) is 5.32 Å². The van der Waals surface area contributed by atoms with Gasteiger partial charge in [-0.3, -0.25) is 0 Å². The second-order valence-corrected chi connectivity index (χ2v) is 4.82. The van der Waals surface area contributed by atoms with Crippen LogP contribution in [0.2, 0.25) is 5.02 Å². The highest BCUT2D eigenvalue weighted by Gasteiger charge is 2.07. The van der Waals surface area contributed by atoms with E-state index >= 15 is 0 Å². The quantitative estimate of drug-likeness (QED) is 0.749. The molecule has 1 aromatic rings. The molecule has 0 aliphatic carbocycles. The first-order valence-corrected chi connectivity index (χ1v) is 6.61. The van der Waals surface area contributed by atoms with E-state index in [4.69, 9.17) is 16.3 Å². The summed E-state index contributed by atoms with van der Waals surface area (Å²) in [5.41, 5.74) is 1.28. The van der Waals surface area contributed by atoms with Crippen molar-refractivity contribution in [3.8, 4) is 0 Å². The second-order valence-electron chi connectivity index (χ2n) is 4.39. The molecule has 0 radical (unpaired) electrons. The average Bonchev–Trinajstić information content (AvgIpc) is 2.30. The Balaban J connectivity index is 2.40. The molecule has 1 rings (SSSR count). The summed E-state index contributed by atoms with van der Waals surface area (Å²) in [5, 5.41) is 4.28. The fourth-order valence-corrected chi connectivity index (χ4v) is 1.85. The fraction of sp³-hybridized carbons (Fsp3) is 0.571. The van der Waals surface area contributed by atoms with Crippen LogP contribution in [0.4, 0.5) is 0 Å². The summed E-state index contributed by atoms with van der Waals surface area (Å²) < 4.78 is 5.51. The van der Waals surface area contributed by atoms with Crippen molar-refractivity contribution >= 4 is 11.6 Å². The zero-order chi connectivity index (χ0) is 12.7. The zero-order valence-corrected chi connectivity index (χ0v) is 11.6. The van der Waals surface area contributed by atoms with Gasteiger partial charge in [0.25, 0.3) is 0 Å². The van der Waals surface area contributed by atoms with Gasteiger partial charge in [0, 0.05) is 17.6 Å². The van der Waals surface area contributed by atoms with Gasteiger partial charge < -0.3 is 10.1 Å². The molecule has 0 amide bonds. The van der Waals surface area contributed by atoms with Gasteiger partial charge in [-0.25, -0.2) is 0 Å². The van der Waals surface area contributed by atoms with Gasteiger partial charge in [0.05, 0.1) is 12.7 Å². The molecule has 1 aromatic carbocycles. The van der Waals surface area contributed by atoms with Crippen molar-refractivity contribution in [2.24, 2.45) is 0 Å². The lowest BCUT2D eigenvalue weighted by Crippen LogP contribution is -2.25. The molecule has 0 heterocycles. The third-order valence-corrected chi connectivity index (χ3v) is 2.88. The van der Waals surface area contributed by atoms with E-state index in [9.17, 15) is 0 Å². The summed E-state index contributed by atoms with van der Waals surface area (Å²) in [5.74, 6) is 0. The molecule has 1 atom stereocenters. The zero-order valence-electron chi connectivity index (χ0n) is 10.9. The Kier molecular flexibility index (Phi) is 6.56. The molecule has 0 saturated carbocycles. The normalized spacial score (nSPS) is 13.0. The van der Waals surface area contributed by atoms with Crippen LogP contribution < -0.4 is 5.32 Å². The minimum Gasteiger partial charge on any atom is -0.377 e. The Hall–Kier alpha value is -0.570. The first-order valence-electron chi connectivity index (χ1n) is 6.24. The first kappa shape index (κ1) is 14.5. The van der Waals surface area contributed by atoms with Crippen LogP contribution in [0.5, 0.6) is 0 Å². The number of nitrogens with one attached hydrogen (secondary N) is 1. The van der Waals surface area contributed by atoms with E-state index in [1.54, 1.807) is 0 Å². The lowest BCUT2D eigenvalue weighted by molar-refractivity contribution is 0.0792. The molecule has 0 aliphatic rings. The van der Waals surface area contributed by atoms with Crippen LogP contribution in [-0.2, 0) is 4.74 Å². The summed E-state index contributed by atoms with van der Waals surface area (Å²) in [6.07, 6.45) is 1.36. The van der Waals surface area contributed by atoms with Crippen LogP contribution in [0.25, 0.3) is 0 Å². The van der Waals surface area contributed by atoms with Gasteiger partial charge in [-0.1, -0.05) is 30.7 Å². The number of hydrogen-bond acceptors (Lipinski definition) is 2. The first-order chi connectivity index (χ1) is 8.13. The molecule has 0 spiro atoms. The van der Waals surface area contributed by atoms with Crippen LogP contribution >= 0.6 is 11.6 Å². The molecule has 1 N–H and O–H groups in total. The van der Waals surface area contributed by atoms with Crippen LogP contribution in [0.1, 0.15) is 38.8 Å². The number of halogens is 1. The predicted molar refractivity (Wildman–Crippen MR) is 73.6 cm³/mol. The maximum atomic E-state index is 5.88. The molecule has 1 unspecified atom stereocenters. The van der Waals surface area contributed by atoms with Crippen molar-refractivity contribution < 1.29 is 4.74 Å². The van der Waals surface area contributed by atoms with E-state index in [-0.39, 0.29) is 0 Å². The molecular weight excluding hydrogens is 234 g/mol. The van der Waals surface area contributed by atoms with Gasteiger partial charge in [-0.05, 0) is 38.0 Å². The molecule has 0 aliphatic heterocycles. The molecule has 17 heavy (non-hydrogen) atoms. The number of ether oxygens (including phenoxy) is 1. The summed E-state index contributed by atoms with van der Waals surface area (Å²) in [4.78, 5) is 0. The third-order valence-electron chi connectivity index (χ3n) is 2.62. The lowest BCUT2D eigenvalue weighted by atomic mass is 10.0. The van der Waals surface area contributed by atoms with Gasteiger partial charge in [0.1, 0.15) is 0 Å². The molecule has 0 fully saturated rings. The Morgan fingerprint density at radius 1 is 1.24 bits per heavy atom. The number of rotatable bonds is 7.